The molecule has 0 saturated heterocycles. The van der Waals surface area contributed by atoms with Gasteiger partial charge in [-0.15, -0.1) is 11.3 Å². The van der Waals surface area contributed by atoms with Gasteiger partial charge in [0.2, 0.25) is 0 Å². The fourth-order valence-corrected chi connectivity index (χ4v) is 4.46. The van der Waals surface area contributed by atoms with E-state index in [9.17, 15) is 14.4 Å². The number of thiophene rings is 1. The van der Waals surface area contributed by atoms with Crippen LogP contribution >= 0.6 is 11.3 Å². The van der Waals surface area contributed by atoms with E-state index in [-0.39, 0.29) is 23.8 Å². The van der Waals surface area contributed by atoms with Crippen LogP contribution < -0.4 is 11.2 Å². The Morgan fingerprint density at radius 1 is 1.37 bits per heavy atom. The van der Waals surface area contributed by atoms with E-state index in [2.05, 4.69) is 11.1 Å². The zero-order chi connectivity index (χ0) is 22.1. The lowest BCUT2D eigenvalue weighted by Crippen LogP contribution is -2.39. The molecule has 8 nitrogen and oxygen atoms in total. The maximum atomic E-state index is 13.1. The Hall–Kier alpha value is -2.73. The molecule has 30 heavy (non-hydrogen) atoms. The first-order chi connectivity index (χ1) is 14.1. The van der Waals surface area contributed by atoms with Gasteiger partial charge >= 0.3 is 11.7 Å². The standard InChI is InChI=1S/C21H26N4O4S/c1-13-15(11-23-12-16(26)29-21(2,3)4)30-19-17(13)18(27)25(14-7-8-14)20(28)24(19)10-6-5-9-22/h11,14H,5-8,10,12H2,1-4H3. The molecule has 0 unspecified atom stereocenters. The number of hydrogen-bond donors (Lipinski definition) is 0. The fourth-order valence-electron chi connectivity index (χ4n) is 3.25. The van der Waals surface area contributed by atoms with Crippen molar-refractivity contribution in [3.63, 3.8) is 0 Å². The lowest BCUT2D eigenvalue weighted by molar-refractivity contribution is -0.152. The Balaban J connectivity index is 2.00. The molecule has 0 atom stereocenters. The van der Waals surface area contributed by atoms with E-state index in [1.165, 1.54) is 15.9 Å². The SMILES string of the molecule is Cc1c(C=NCC(=O)OC(C)(C)C)sc2c1c(=O)n(C1CC1)c(=O)n2CCCC#N. The monoisotopic (exact) mass is 430 g/mol. The lowest BCUT2D eigenvalue weighted by atomic mass is 10.2. The van der Waals surface area contributed by atoms with Gasteiger partial charge in [-0.1, -0.05) is 0 Å². The van der Waals surface area contributed by atoms with Crippen molar-refractivity contribution in [1.29, 1.82) is 5.26 Å². The van der Waals surface area contributed by atoms with Crippen LogP contribution in [-0.2, 0) is 16.1 Å². The molecule has 160 valence electrons. The van der Waals surface area contributed by atoms with Gasteiger partial charge < -0.3 is 4.74 Å². The summed E-state index contributed by atoms with van der Waals surface area (Å²) in [6, 6.07) is 2.05. The van der Waals surface area contributed by atoms with Crippen LogP contribution in [0.4, 0.5) is 0 Å². The number of rotatable bonds is 7. The molecule has 0 aliphatic heterocycles. The number of aryl methyl sites for hydroxylation is 2. The van der Waals surface area contributed by atoms with Gasteiger partial charge in [-0.2, -0.15) is 5.26 Å². The van der Waals surface area contributed by atoms with Crippen LogP contribution in [0.2, 0.25) is 0 Å². The number of carbonyl (C=O) groups excluding carboxylic acids is 1. The van der Waals surface area contributed by atoms with Gasteiger partial charge in [-0.25, -0.2) is 4.79 Å². The van der Waals surface area contributed by atoms with E-state index in [1.54, 1.807) is 31.6 Å². The number of fused-ring (bicyclic) bond motifs is 1. The molecule has 0 aromatic carbocycles. The van der Waals surface area contributed by atoms with Crippen molar-refractivity contribution in [1.82, 2.24) is 9.13 Å². The lowest BCUT2D eigenvalue weighted by Gasteiger charge is -2.18. The molecule has 0 spiro atoms. The number of nitriles is 1. The maximum Gasteiger partial charge on any atom is 0.332 e. The van der Waals surface area contributed by atoms with Crippen molar-refractivity contribution < 1.29 is 9.53 Å². The van der Waals surface area contributed by atoms with Crippen LogP contribution in [0.1, 0.15) is 62.9 Å². The summed E-state index contributed by atoms with van der Waals surface area (Å²) in [5.74, 6) is -0.429. The van der Waals surface area contributed by atoms with E-state index in [1.807, 2.05) is 6.92 Å². The van der Waals surface area contributed by atoms with Crippen LogP contribution in [0.15, 0.2) is 14.6 Å². The van der Waals surface area contributed by atoms with Crippen molar-refractivity contribution in [2.45, 2.75) is 71.6 Å². The molecule has 0 bridgehead atoms. The van der Waals surface area contributed by atoms with E-state index >= 15 is 0 Å². The molecular weight excluding hydrogens is 404 g/mol. The van der Waals surface area contributed by atoms with Gasteiger partial charge in [0.15, 0.2) is 0 Å². The highest BCUT2D eigenvalue weighted by atomic mass is 32.1. The number of esters is 1. The first-order valence-corrected chi connectivity index (χ1v) is 10.8. The van der Waals surface area contributed by atoms with Gasteiger partial charge in [0, 0.05) is 25.2 Å². The molecule has 3 rings (SSSR count). The van der Waals surface area contributed by atoms with Crippen LogP contribution in [0, 0.1) is 18.3 Å². The Bertz CT molecular complexity index is 1150. The Labute approximate surface area is 178 Å². The summed E-state index contributed by atoms with van der Waals surface area (Å²) in [4.78, 5) is 43.4. The summed E-state index contributed by atoms with van der Waals surface area (Å²) in [5, 5.41) is 9.36. The summed E-state index contributed by atoms with van der Waals surface area (Å²) < 4.78 is 8.21. The Morgan fingerprint density at radius 3 is 2.67 bits per heavy atom. The third-order valence-electron chi connectivity index (χ3n) is 4.71. The van der Waals surface area contributed by atoms with Crippen molar-refractivity contribution in [3.8, 4) is 6.07 Å². The van der Waals surface area contributed by atoms with Crippen LogP contribution in [0.25, 0.3) is 10.2 Å². The van der Waals surface area contributed by atoms with E-state index in [0.29, 0.717) is 29.6 Å². The first-order valence-electron chi connectivity index (χ1n) is 10.0. The molecule has 1 aliphatic carbocycles. The highest BCUT2D eigenvalue weighted by Gasteiger charge is 2.30. The Kier molecular flexibility index (Phi) is 6.27. The first kappa shape index (κ1) is 22.0. The fraction of sp³-hybridized carbons (Fsp3) is 0.571. The topological polar surface area (TPSA) is 106 Å². The molecule has 1 aliphatic rings. The van der Waals surface area contributed by atoms with Crippen LogP contribution in [0.3, 0.4) is 0 Å². The highest BCUT2D eigenvalue weighted by molar-refractivity contribution is 7.20. The van der Waals surface area contributed by atoms with Crippen molar-refractivity contribution in [3.05, 3.63) is 31.3 Å². The number of ether oxygens (including phenoxy) is 1. The zero-order valence-corrected chi connectivity index (χ0v) is 18.5. The quantitative estimate of drug-likeness (QED) is 0.381. The number of aromatic nitrogens is 2. The second-order valence-corrected chi connectivity index (χ2v) is 9.46. The largest absolute Gasteiger partial charge is 0.459 e. The van der Waals surface area contributed by atoms with E-state index < -0.39 is 11.6 Å². The number of carbonyl (C=O) groups is 1. The third kappa shape index (κ3) is 4.70. The average Bonchev–Trinajstić information content (AvgIpc) is 3.41. The minimum Gasteiger partial charge on any atom is -0.459 e. The summed E-state index contributed by atoms with van der Waals surface area (Å²) in [6.07, 6.45) is 4.09. The smallest absolute Gasteiger partial charge is 0.332 e. The predicted octanol–water partition coefficient (Wildman–Crippen LogP) is 2.93. The van der Waals surface area contributed by atoms with Crippen molar-refractivity contribution >= 4 is 33.7 Å². The van der Waals surface area contributed by atoms with Gasteiger partial charge in [-0.05, 0) is 52.5 Å². The number of unbranched alkanes of at least 4 members (excludes halogenated alkanes) is 1. The Morgan fingerprint density at radius 2 is 2.07 bits per heavy atom. The second kappa shape index (κ2) is 8.56. The van der Waals surface area contributed by atoms with Crippen LogP contribution in [-0.4, -0.2) is 33.5 Å². The van der Waals surface area contributed by atoms with E-state index in [0.717, 1.165) is 23.3 Å². The van der Waals surface area contributed by atoms with E-state index in [4.69, 9.17) is 10.00 Å². The highest BCUT2D eigenvalue weighted by Crippen LogP contribution is 2.34. The minimum atomic E-state index is -0.576. The van der Waals surface area contributed by atoms with Gasteiger partial charge in [0.05, 0.1) is 16.3 Å². The molecular formula is C21H26N4O4S. The molecule has 2 aromatic rings. The summed E-state index contributed by atoms with van der Waals surface area (Å²) in [6.45, 7) is 7.47. The molecule has 2 heterocycles. The molecule has 1 saturated carbocycles. The van der Waals surface area contributed by atoms with Crippen LogP contribution in [0.5, 0.6) is 0 Å². The summed E-state index contributed by atoms with van der Waals surface area (Å²) in [5.41, 5.74) is -0.412. The molecule has 0 amide bonds. The molecule has 2 aromatic heterocycles. The minimum absolute atomic E-state index is 0.0415. The number of aliphatic imine (C=N–C) groups is 1. The summed E-state index contributed by atoms with van der Waals surface area (Å²) >= 11 is 1.31. The molecule has 0 radical (unpaired) electrons. The summed E-state index contributed by atoms with van der Waals surface area (Å²) in [7, 11) is 0. The predicted molar refractivity (Wildman–Crippen MR) is 117 cm³/mol. The maximum absolute atomic E-state index is 13.1. The number of nitrogens with zero attached hydrogens (tertiary/aromatic N) is 4. The molecule has 9 heteroatoms. The van der Waals surface area contributed by atoms with Crippen molar-refractivity contribution in [2.24, 2.45) is 4.99 Å². The number of hydrogen-bond acceptors (Lipinski definition) is 7. The second-order valence-electron chi connectivity index (χ2n) is 8.43. The van der Waals surface area contributed by atoms with Gasteiger partial charge in [0.25, 0.3) is 5.56 Å². The molecule has 0 N–H and O–H groups in total. The zero-order valence-electron chi connectivity index (χ0n) is 17.7. The van der Waals surface area contributed by atoms with Gasteiger partial charge in [-0.3, -0.25) is 23.7 Å². The average molecular weight is 431 g/mol. The van der Waals surface area contributed by atoms with Crippen molar-refractivity contribution in [2.75, 3.05) is 6.54 Å². The van der Waals surface area contributed by atoms with Gasteiger partial charge in [0.1, 0.15) is 17.0 Å². The normalized spacial score (nSPS) is 14.4. The third-order valence-corrected chi connectivity index (χ3v) is 5.96. The molecule has 1 fully saturated rings.